The molecule has 0 spiro atoms. The Morgan fingerprint density at radius 2 is 1.17 bits per heavy atom. The van der Waals surface area contributed by atoms with Gasteiger partial charge in [0.25, 0.3) is 0 Å². The summed E-state index contributed by atoms with van der Waals surface area (Å²) in [7, 11) is 0. The van der Waals surface area contributed by atoms with Crippen LogP contribution in [0.2, 0.25) is 0 Å². The van der Waals surface area contributed by atoms with Crippen molar-refractivity contribution in [2.24, 2.45) is 0 Å². The largest absolute Gasteiger partial charge is 0.490 e. The smallest absolute Gasteiger partial charge is 0.303 e. The molecule has 2 N–H and O–H groups in total. The minimum Gasteiger partial charge on any atom is -0.490 e. The van der Waals surface area contributed by atoms with E-state index in [1.807, 2.05) is 0 Å². The van der Waals surface area contributed by atoms with E-state index in [0.717, 1.165) is 0 Å². The fourth-order valence-electron chi connectivity index (χ4n) is 1.73. The van der Waals surface area contributed by atoms with Crippen molar-refractivity contribution in [3.8, 4) is 11.5 Å². The number of hydrogen-bond donors (Lipinski definition) is 2. The van der Waals surface area contributed by atoms with Crippen molar-refractivity contribution < 1.29 is 38.7 Å². The normalized spacial score (nSPS) is 12.8. The summed E-state index contributed by atoms with van der Waals surface area (Å²) in [6.07, 6.45) is -1.46. The van der Waals surface area contributed by atoms with E-state index in [2.05, 4.69) is 0 Å². The van der Waals surface area contributed by atoms with E-state index in [1.54, 1.807) is 24.3 Å². The van der Waals surface area contributed by atoms with Crippen LogP contribution in [0.4, 0.5) is 0 Å². The lowest BCUT2D eigenvalue weighted by Crippen LogP contribution is -2.27. The molecular weight excluding hydrogens is 320 g/mol. The Bertz CT molecular complexity index is 466. The van der Waals surface area contributed by atoms with Crippen LogP contribution in [0, 0.1) is 0 Å². The third-order valence-electron chi connectivity index (χ3n) is 2.77. The second-order valence-corrected chi connectivity index (χ2v) is 4.92. The Balaban J connectivity index is 2.44. The molecule has 0 fully saturated rings. The third kappa shape index (κ3) is 7.80. The van der Waals surface area contributed by atoms with Gasteiger partial charge in [0.15, 0.2) is 12.2 Å². The van der Waals surface area contributed by atoms with Crippen molar-refractivity contribution in [1.82, 2.24) is 0 Å². The van der Waals surface area contributed by atoms with Gasteiger partial charge in [0, 0.05) is 13.8 Å². The maximum absolute atomic E-state index is 10.8. The first-order valence-corrected chi connectivity index (χ1v) is 7.36. The molecule has 0 aliphatic rings. The molecule has 134 valence electrons. The number of benzene rings is 1. The average Bonchev–Trinajstić information content (AvgIpc) is 2.55. The molecule has 0 aliphatic carbocycles. The quantitative estimate of drug-likeness (QED) is 0.584. The van der Waals surface area contributed by atoms with Gasteiger partial charge in [0.2, 0.25) is 0 Å². The Hall–Kier alpha value is -2.32. The molecule has 0 saturated heterocycles. The molecule has 8 nitrogen and oxygen atoms in total. The van der Waals surface area contributed by atoms with Crippen molar-refractivity contribution in [3.63, 3.8) is 0 Å². The van der Waals surface area contributed by atoms with E-state index in [4.69, 9.17) is 29.2 Å². The average molecular weight is 342 g/mol. The lowest BCUT2D eigenvalue weighted by Gasteiger charge is -2.16. The van der Waals surface area contributed by atoms with Gasteiger partial charge in [-0.1, -0.05) is 0 Å². The molecule has 1 aromatic carbocycles. The van der Waals surface area contributed by atoms with Crippen molar-refractivity contribution in [2.45, 2.75) is 26.1 Å². The summed E-state index contributed by atoms with van der Waals surface area (Å²) in [6.45, 7) is 1.89. The van der Waals surface area contributed by atoms with Crippen LogP contribution in [0.5, 0.6) is 11.5 Å². The second-order valence-electron chi connectivity index (χ2n) is 4.92. The second kappa shape index (κ2) is 10.5. The van der Waals surface area contributed by atoms with Crippen LogP contribution in [0.1, 0.15) is 13.8 Å². The molecule has 2 unspecified atom stereocenters. The third-order valence-corrected chi connectivity index (χ3v) is 2.77. The molecular formula is C16H22O8. The van der Waals surface area contributed by atoms with Crippen LogP contribution < -0.4 is 9.47 Å². The molecule has 8 heteroatoms. The van der Waals surface area contributed by atoms with Crippen LogP contribution >= 0.6 is 0 Å². The zero-order valence-corrected chi connectivity index (χ0v) is 13.6. The highest BCUT2D eigenvalue weighted by Crippen LogP contribution is 2.18. The number of hydrogen-bond acceptors (Lipinski definition) is 8. The van der Waals surface area contributed by atoms with E-state index < -0.39 is 24.1 Å². The van der Waals surface area contributed by atoms with E-state index in [9.17, 15) is 9.59 Å². The van der Waals surface area contributed by atoms with Gasteiger partial charge in [-0.25, -0.2) is 0 Å². The van der Waals surface area contributed by atoms with Gasteiger partial charge in [0.05, 0.1) is 13.2 Å². The highest BCUT2D eigenvalue weighted by molar-refractivity contribution is 5.66. The van der Waals surface area contributed by atoms with Crippen molar-refractivity contribution >= 4 is 11.9 Å². The first kappa shape index (κ1) is 19.7. The summed E-state index contributed by atoms with van der Waals surface area (Å²) in [4.78, 5) is 21.7. The Morgan fingerprint density at radius 1 is 0.833 bits per heavy atom. The first-order valence-electron chi connectivity index (χ1n) is 7.36. The summed E-state index contributed by atoms with van der Waals surface area (Å²) >= 11 is 0. The monoisotopic (exact) mass is 342 g/mol. The number of esters is 2. The molecule has 2 atom stereocenters. The summed E-state index contributed by atoms with van der Waals surface area (Å²) in [6, 6.07) is 6.54. The molecule has 0 radical (unpaired) electrons. The van der Waals surface area contributed by atoms with E-state index in [-0.39, 0.29) is 26.4 Å². The lowest BCUT2D eigenvalue weighted by molar-refractivity contribution is -0.150. The van der Waals surface area contributed by atoms with Crippen LogP contribution in [-0.4, -0.2) is 60.8 Å². The number of carbonyl (C=O) groups is 2. The van der Waals surface area contributed by atoms with Crippen molar-refractivity contribution in [2.75, 3.05) is 26.4 Å². The van der Waals surface area contributed by atoms with E-state index >= 15 is 0 Å². The first-order chi connectivity index (χ1) is 11.4. The summed E-state index contributed by atoms with van der Waals surface area (Å²) in [5.41, 5.74) is 0. The van der Waals surface area contributed by atoms with Gasteiger partial charge in [0.1, 0.15) is 24.7 Å². The predicted octanol–water partition coefficient (Wildman–Crippen LogP) is 0.292. The predicted molar refractivity (Wildman–Crippen MR) is 82.7 cm³/mol. The molecule has 0 heterocycles. The summed E-state index contributed by atoms with van der Waals surface area (Å²) < 4.78 is 20.5. The van der Waals surface area contributed by atoms with E-state index in [1.165, 1.54) is 13.8 Å². The van der Waals surface area contributed by atoms with Gasteiger partial charge in [-0.3, -0.25) is 9.59 Å². The van der Waals surface area contributed by atoms with Gasteiger partial charge < -0.3 is 29.2 Å². The maximum atomic E-state index is 10.8. The van der Waals surface area contributed by atoms with Gasteiger partial charge in [-0.15, -0.1) is 0 Å². The Labute approximate surface area is 139 Å². The molecule has 0 bridgehead atoms. The highest BCUT2D eigenvalue weighted by atomic mass is 16.6. The van der Waals surface area contributed by atoms with Crippen LogP contribution in [-0.2, 0) is 19.1 Å². The summed E-state index contributed by atoms with van der Waals surface area (Å²) in [5, 5.41) is 18.1. The molecule has 0 aromatic heterocycles. The van der Waals surface area contributed by atoms with Crippen LogP contribution in [0.15, 0.2) is 24.3 Å². The van der Waals surface area contributed by atoms with Crippen molar-refractivity contribution in [3.05, 3.63) is 24.3 Å². The Kier molecular flexibility index (Phi) is 8.59. The standard InChI is InChI=1S/C16H22O8/c1-11(19)23-15(7-17)9-21-13-3-5-14(6-4-13)22-10-16(8-18)24-12(2)20/h3-6,15-18H,7-10H2,1-2H3. The maximum Gasteiger partial charge on any atom is 0.303 e. The summed E-state index contributed by atoms with van der Waals surface area (Å²) in [5.74, 6) is 0.0264. The SMILES string of the molecule is CC(=O)OC(CO)COc1ccc(OCC(CO)OC(C)=O)cc1. The Morgan fingerprint density at radius 3 is 1.42 bits per heavy atom. The lowest BCUT2D eigenvalue weighted by atomic mass is 10.3. The molecule has 24 heavy (non-hydrogen) atoms. The fraction of sp³-hybridized carbons (Fsp3) is 0.500. The zero-order chi connectivity index (χ0) is 17.9. The topological polar surface area (TPSA) is 112 Å². The number of aliphatic hydroxyl groups excluding tert-OH is 2. The number of rotatable bonds is 10. The minimum absolute atomic E-state index is 0.0231. The van der Waals surface area contributed by atoms with Gasteiger partial charge in [-0.05, 0) is 24.3 Å². The zero-order valence-electron chi connectivity index (χ0n) is 13.6. The molecule has 0 saturated carbocycles. The van der Waals surface area contributed by atoms with E-state index in [0.29, 0.717) is 11.5 Å². The van der Waals surface area contributed by atoms with Gasteiger partial charge in [-0.2, -0.15) is 0 Å². The van der Waals surface area contributed by atoms with Crippen LogP contribution in [0.25, 0.3) is 0 Å². The van der Waals surface area contributed by atoms with Gasteiger partial charge >= 0.3 is 11.9 Å². The minimum atomic E-state index is -0.729. The molecule has 1 aromatic rings. The highest BCUT2D eigenvalue weighted by Gasteiger charge is 2.13. The molecule has 1 rings (SSSR count). The van der Waals surface area contributed by atoms with Crippen LogP contribution in [0.3, 0.4) is 0 Å². The molecule has 0 aliphatic heterocycles. The number of ether oxygens (including phenoxy) is 4. The fourth-order valence-corrected chi connectivity index (χ4v) is 1.73. The number of aliphatic hydroxyl groups is 2. The number of carbonyl (C=O) groups excluding carboxylic acids is 2. The van der Waals surface area contributed by atoms with Crippen molar-refractivity contribution in [1.29, 1.82) is 0 Å². The molecule has 0 amide bonds.